The van der Waals surface area contributed by atoms with Crippen molar-refractivity contribution >= 4 is 11.3 Å². The van der Waals surface area contributed by atoms with Crippen LogP contribution in [0.1, 0.15) is 36.3 Å². The van der Waals surface area contributed by atoms with E-state index in [1.165, 1.54) is 4.88 Å². The van der Waals surface area contributed by atoms with Crippen LogP contribution in [0.3, 0.4) is 0 Å². The van der Waals surface area contributed by atoms with Gasteiger partial charge in [0.15, 0.2) is 10.8 Å². The molecule has 0 aromatic carbocycles. The van der Waals surface area contributed by atoms with Gasteiger partial charge in [-0.15, -0.1) is 11.3 Å². The van der Waals surface area contributed by atoms with Crippen LogP contribution < -0.4 is 5.32 Å². The van der Waals surface area contributed by atoms with Crippen molar-refractivity contribution in [1.29, 1.82) is 0 Å². The van der Waals surface area contributed by atoms with Crippen molar-refractivity contribution in [2.75, 3.05) is 6.61 Å². The molecule has 0 unspecified atom stereocenters. The van der Waals surface area contributed by atoms with Crippen LogP contribution in [0.2, 0.25) is 0 Å². The number of rotatable bonds is 5. The maximum Gasteiger partial charge on any atom is 0.162 e. The monoisotopic (exact) mass is 306 g/mol. The van der Waals surface area contributed by atoms with Gasteiger partial charge in [-0.05, 0) is 50.7 Å². The smallest absolute Gasteiger partial charge is 0.162 e. The summed E-state index contributed by atoms with van der Waals surface area (Å²) < 4.78 is 5.61. The number of aryl methyl sites for hydroxylation is 1. The Balaban J connectivity index is 1.51. The van der Waals surface area contributed by atoms with Crippen molar-refractivity contribution in [2.24, 2.45) is 5.92 Å². The fourth-order valence-electron chi connectivity index (χ4n) is 2.85. The quantitative estimate of drug-likeness (QED) is 0.889. The fraction of sp³-hybridized carbons (Fsp3) is 0.562. The van der Waals surface area contributed by atoms with E-state index in [0.717, 1.165) is 48.8 Å². The van der Waals surface area contributed by atoms with E-state index < -0.39 is 0 Å². The zero-order chi connectivity index (χ0) is 14.7. The molecule has 0 atom stereocenters. The van der Waals surface area contributed by atoms with Crippen LogP contribution in [0.5, 0.6) is 0 Å². The zero-order valence-electron chi connectivity index (χ0n) is 12.3. The summed E-state index contributed by atoms with van der Waals surface area (Å²) in [6.45, 7) is 3.15. The lowest BCUT2D eigenvalue weighted by atomic mass is 9.86. The Bertz CT molecular complexity index is 570. The topological polar surface area (TPSA) is 58.3 Å². The van der Waals surface area contributed by atoms with Crippen LogP contribution in [0, 0.1) is 12.8 Å². The number of hydrogen-bond acceptors (Lipinski definition) is 5. The first-order valence-corrected chi connectivity index (χ1v) is 8.42. The highest BCUT2D eigenvalue weighted by Crippen LogP contribution is 2.28. The number of thiazole rings is 1. The van der Waals surface area contributed by atoms with Gasteiger partial charge in [0.1, 0.15) is 5.76 Å². The van der Waals surface area contributed by atoms with E-state index in [0.29, 0.717) is 18.6 Å². The summed E-state index contributed by atoms with van der Waals surface area (Å²) in [5.74, 6) is 2.29. The van der Waals surface area contributed by atoms with Gasteiger partial charge in [-0.3, -0.25) is 0 Å². The molecule has 1 fully saturated rings. The van der Waals surface area contributed by atoms with Crippen LogP contribution >= 0.6 is 11.3 Å². The molecule has 2 aromatic heterocycles. The molecule has 5 heteroatoms. The summed E-state index contributed by atoms with van der Waals surface area (Å²) in [4.78, 5) is 5.68. The van der Waals surface area contributed by atoms with Crippen LogP contribution in [0.15, 0.2) is 22.7 Å². The molecular weight excluding hydrogens is 284 g/mol. The number of nitrogens with one attached hydrogen (secondary N) is 1. The summed E-state index contributed by atoms with van der Waals surface area (Å²) in [5.41, 5.74) is 0. The maximum atomic E-state index is 9.16. The molecule has 1 aliphatic rings. The minimum atomic E-state index is 0.341. The molecule has 0 amide bonds. The van der Waals surface area contributed by atoms with Crippen molar-refractivity contribution in [3.05, 3.63) is 29.0 Å². The van der Waals surface area contributed by atoms with Crippen molar-refractivity contribution in [2.45, 2.75) is 45.2 Å². The Morgan fingerprint density at radius 2 is 2.14 bits per heavy atom. The molecule has 1 aliphatic carbocycles. The van der Waals surface area contributed by atoms with Crippen LogP contribution in [0.25, 0.3) is 10.8 Å². The Morgan fingerprint density at radius 3 is 2.81 bits per heavy atom. The van der Waals surface area contributed by atoms with Gasteiger partial charge >= 0.3 is 0 Å². The van der Waals surface area contributed by atoms with Gasteiger partial charge in [0.05, 0.1) is 0 Å². The van der Waals surface area contributed by atoms with Gasteiger partial charge in [-0.1, -0.05) is 0 Å². The first kappa shape index (κ1) is 14.8. The van der Waals surface area contributed by atoms with E-state index in [2.05, 4.69) is 10.3 Å². The van der Waals surface area contributed by atoms with Crippen LogP contribution in [-0.2, 0) is 6.54 Å². The number of aromatic nitrogens is 1. The Hall–Kier alpha value is -1.17. The molecule has 2 N–H and O–H groups in total. The van der Waals surface area contributed by atoms with Gasteiger partial charge in [-0.2, -0.15) is 0 Å². The molecule has 114 valence electrons. The minimum absolute atomic E-state index is 0.341. The minimum Gasteiger partial charge on any atom is -0.459 e. The molecule has 1 saturated carbocycles. The zero-order valence-corrected chi connectivity index (χ0v) is 13.2. The number of aliphatic hydroxyl groups excluding tert-OH is 1. The van der Waals surface area contributed by atoms with E-state index in [4.69, 9.17) is 9.52 Å². The predicted octanol–water partition coefficient (Wildman–Crippen LogP) is 3.35. The molecule has 2 aromatic rings. The second-order valence-corrected chi connectivity index (χ2v) is 6.94. The molecule has 0 spiro atoms. The Labute approximate surface area is 129 Å². The highest BCUT2D eigenvalue weighted by atomic mass is 32.1. The van der Waals surface area contributed by atoms with Gasteiger partial charge < -0.3 is 14.8 Å². The summed E-state index contributed by atoms with van der Waals surface area (Å²) in [6, 6.07) is 4.51. The normalized spacial score (nSPS) is 22.6. The van der Waals surface area contributed by atoms with E-state index in [-0.39, 0.29) is 0 Å². The van der Waals surface area contributed by atoms with Crippen molar-refractivity contribution < 1.29 is 9.52 Å². The number of nitrogens with zero attached hydrogens (tertiary/aromatic N) is 1. The summed E-state index contributed by atoms with van der Waals surface area (Å²) in [6.07, 6.45) is 6.52. The third-order valence-corrected chi connectivity index (χ3v) is 5.19. The summed E-state index contributed by atoms with van der Waals surface area (Å²) in [5, 5.41) is 13.7. The van der Waals surface area contributed by atoms with Crippen LogP contribution in [-0.4, -0.2) is 22.7 Å². The molecule has 2 heterocycles. The highest BCUT2D eigenvalue weighted by molar-refractivity contribution is 7.14. The van der Waals surface area contributed by atoms with Crippen LogP contribution in [0.4, 0.5) is 0 Å². The molecular formula is C16H22N2O2S. The lowest BCUT2D eigenvalue weighted by Gasteiger charge is -2.27. The molecule has 0 saturated heterocycles. The average Bonchev–Trinajstić information content (AvgIpc) is 3.14. The van der Waals surface area contributed by atoms with E-state index in [1.54, 1.807) is 11.3 Å². The molecule has 0 aliphatic heterocycles. The average molecular weight is 306 g/mol. The van der Waals surface area contributed by atoms with Gasteiger partial charge in [0, 0.05) is 30.3 Å². The van der Waals surface area contributed by atoms with E-state index >= 15 is 0 Å². The second kappa shape index (κ2) is 6.73. The fourth-order valence-corrected chi connectivity index (χ4v) is 3.67. The third kappa shape index (κ3) is 3.73. The number of furan rings is 1. The lowest BCUT2D eigenvalue weighted by molar-refractivity contribution is 0.175. The van der Waals surface area contributed by atoms with E-state index in [9.17, 15) is 0 Å². The number of hydrogen-bond donors (Lipinski definition) is 2. The Kier molecular flexibility index (Phi) is 4.73. The number of aliphatic hydroxyl groups is 1. The molecule has 0 radical (unpaired) electrons. The third-order valence-electron chi connectivity index (χ3n) is 4.17. The first-order valence-electron chi connectivity index (χ1n) is 7.60. The first-order chi connectivity index (χ1) is 10.2. The largest absolute Gasteiger partial charge is 0.459 e. The SMILES string of the molecule is Cc1ccc(-c2ncc(CNC3CCC(CO)CC3)s2)o1. The van der Waals surface area contributed by atoms with Crippen molar-refractivity contribution in [3.8, 4) is 10.8 Å². The molecule has 4 nitrogen and oxygen atoms in total. The van der Waals surface area contributed by atoms with Crippen molar-refractivity contribution in [3.63, 3.8) is 0 Å². The second-order valence-electron chi connectivity index (χ2n) is 5.82. The van der Waals surface area contributed by atoms with Gasteiger partial charge in [0.2, 0.25) is 0 Å². The van der Waals surface area contributed by atoms with E-state index in [1.807, 2.05) is 25.3 Å². The standard InChI is InChI=1S/C16H22N2O2S/c1-11-2-7-15(20-11)16-18-9-14(21-16)8-17-13-5-3-12(10-19)4-6-13/h2,7,9,12-13,17,19H,3-6,8,10H2,1H3. The molecule has 21 heavy (non-hydrogen) atoms. The summed E-state index contributed by atoms with van der Waals surface area (Å²) >= 11 is 1.69. The lowest BCUT2D eigenvalue weighted by Crippen LogP contribution is -2.33. The highest BCUT2D eigenvalue weighted by Gasteiger charge is 2.20. The predicted molar refractivity (Wildman–Crippen MR) is 84.2 cm³/mol. The van der Waals surface area contributed by atoms with Crippen molar-refractivity contribution in [1.82, 2.24) is 10.3 Å². The summed E-state index contributed by atoms with van der Waals surface area (Å²) in [7, 11) is 0. The van der Waals surface area contributed by atoms with Gasteiger partial charge in [-0.25, -0.2) is 4.98 Å². The molecule has 3 rings (SSSR count). The van der Waals surface area contributed by atoms with Gasteiger partial charge in [0.25, 0.3) is 0 Å². The Morgan fingerprint density at radius 1 is 1.33 bits per heavy atom. The molecule has 0 bridgehead atoms. The maximum absolute atomic E-state index is 9.16.